The summed E-state index contributed by atoms with van der Waals surface area (Å²) in [5, 5.41) is 10.5. The topological polar surface area (TPSA) is 40.3 Å². The highest BCUT2D eigenvalue weighted by atomic mass is 35.5. The van der Waals surface area contributed by atoms with Gasteiger partial charge in [-0.05, 0) is 37.3 Å². The minimum absolute atomic E-state index is 0.153. The molecule has 0 spiro atoms. The van der Waals surface area contributed by atoms with E-state index in [1.54, 1.807) is 23.2 Å². The van der Waals surface area contributed by atoms with Gasteiger partial charge in [-0.1, -0.05) is 22.9 Å². The standard InChI is InChI=1S/C18H16Cl2F2N4/c1-11(10-19)24-25-26-8-7-23-18(13-9-12(20)5-6-16(13)26)17-14(21)3-2-4-15(17)22/h2-6,9,11H,7-8,10H2,1H3. The summed E-state index contributed by atoms with van der Waals surface area (Å²) in [4.78, 5) is 4.40. The molecule has 0 amide bonds. The van der Waals surface area contributed by atoms with Gasteiger partial charge in [0.2, 0.25) is 0 Å². The van der Waals surface area contributed by atoms with Crippen molar-refractivity contribution in [2.75, 3.05) is 24.0 Å². The van der Waals surface area contributed by atoms with Gasteiger partial charge in [-0.15, -0.1) is 11.6 Å². The molecule has 0 saturated carbocycles. The van der Waals surface area contributed by atoms with Crippen LogP contribution in [0.3, 0.4) is 0 Å². The largest absolute Gasteiger partial charge is 0.282 e. The number of anilines is 1. The van der Waals surface area contributed by atoms with Gasteiger partial charge >= 0.3 is 0 Å². The molecular formula is C18H16Cl2F2N4. The molecule has 2 aromatic carbocycles. The van der Waals surface area contributed by atoms with E-state index in [9.17, 15) is 8.78 Å². The average molecular weight is 397 g/mol. The number of hydrogen-bond acceptors (Lipinski definition) is 3. The Morgan fingerprint density at radius 3 is 2.65 bits per heavy atom. The van der Waals surface area contributed by atoms with Gasteiger partial charge in [0.05, 0.1) is 36.1 Å². The zero-order valence-electron chi connectivity index (χ0n) is 14.0. The maximum atomic E-state index is 14.3. The van der Waals surface area contributed by atoms with Crippen LogP contribution in [0.5, 0.6) is 0 Å². The van der Waals surface area contributed by atoms with Crippen LogP contribution in [0.15, 0.2) is 51.7 Å². The summed E-state index contributed by atoms with van der Waals surface area (Å²) in [6.45, 7) is 2.55. The second-order valence-corrected chi connectivity index (χ2v) is 6.56. The first kappa shape index (κ1) is 18.7. The van der Waals surface area contributed by atoms with Crippen LogP contribution in [-0.4, -0.2) is 30.7 Å². The fourth-order valence-electron chi connectivity index (χ4n) is 2.60. The van der Waals surface area contributed by atoms with Crippen LogP contribution in [-0.2, 0) is 0 Å². The molecule has 0 bridgehead atoms. The van der Waals surface area contributed by atoms with Crippen LogP contribution in [0.25, 0.3) is 0 Å². The quantitative estimate of drug-likeness (QED) is 0.512. The number of fused-ring (bicyclic) bond motifs is 1. The lowest BCUT2D eigenvalue weighted by atomic mass is 9.99. The number of benzodiazepines with no additional fused rings is 1. The molecule has 2 aromatic rings. The van der Waals surface area contributed by atoms with Crippen molar-refractivity contribution in [3.63, 3.8) is 0 Å². The van der Waals surface area contributed by atoms with Crippen molar-refractivity contribution < 1.29 is 8.78 Å². The fraction of sp³-hybridized carbons (Fsp3) is 0.278. The highest BCUT2D eigenvalue weighted by Gasteiger charge is 2.24. The predicted octanol–water partition coefficient (Wildman–Crippen LogP) is 5.27. The SMILES string of the molecule is CC(CCl)N=NN1CCN=C(c2c(F)cccc2F)c2cc(Cl)ccc21. The molecule has 4 nitrogen and oxygen atoms in total. The number of nitrogens with zero attached hydrogens (tertiary/aromatic N) is 4. The Morgan fingerprint density at radius 2 is 1.96 bits per heavy atom. The highest BCUT2D eigenvalue weighted by Crippen LogP contribution is 2.31. The molecule has 0 aliphatic carbocycles. The van der Waals surface area contributed by atoms with Crippen molar-refractivity contribution in [2.45, 2.75) is 13.0 Å². The summed E-state index contributed by atoms with van der Waals surface area (Å²) in [6, 6.07) is 8.63. The van der Waals surface area contributed by atoms with Crippen LogP contribution in [0.4, 0.5) is 14.5 Å². The summed E-state index contributed by atoms with van der Waals surface area (Å²) in [5.74, 6) is -1.02. The average Bonchev–Trinajstić information content (AvgIpc) is 2.79. The summed E-state index contributed by atoms with van der Waals surface area (Å²) in [6.07, 6.45) is 0. The first-order valence-corrected chi connectivity index (χ1v) is 8.95. The fourth-order valence-corrected chi connectivity index (χ4v) is 2.83. The highest BCUT2D eigenvalue weighted by molar-refractivity contribution is 6.31. The van der Waals surface area contributed by atoms with Gasteiger partial charge in [0.25, 0.3) is 0 Å². The Bertz CT molecular complexity index is 850. The van der Waals surface area contributed by atoms with E-state index < -0.39 is 11.6 Å². The number of aliphatic imine (C=N–C) groups is 1. The number of benzene rings is 2. The predicted molar refractivity (Wildman–Crippen MR) is 101 cm³/mol. The summed E-state index contributed by atoms with van der Waals surface area (Å²) < 4.78 is 28.7. The van der Waals surface area contributed by atoms with E-state index in [-0.39, 0.29) is 17.3 Å². The number of alkyl halides is 1. The van der Waals surface area contributed by atoms with Gasteiger partial charge in [-0.2, -0.15) is 5.11 Å². The first-order chi connectivity index (χ1) is 12.5. The van der Waals surface area contributed by atoms with E-state index in [4.69, 9.17) is 23.2 Å². The summed E-state index contributed by atoms with van der Waals surface area (Å²) >= 11 is 11.9. The minimum Gasteiger partial charge on any atom is -0.282 e. The van der Waals surface area contributed by atoms with Crippen molar-refractivity contribution in [3.05, 3.63) is 64.2 Å². The van der Waals surface area contributed by atoms with Gasteiger partial charge in [-0.25, -0.2) is 13.8 Å². The third kappa shape index (κ3) is 3.86. The molecule has 1 aliphatic heterocycles. The Morgan fingerprint density at radius 1 is 1.23 bits per heavy atom. The van der Waals surface area contributed by atoms with Gasteiger partial charge in [-0.3, -0.25) is 4.99 Å². The smallest absolute Gasteiger partial charge is 0.135 e. The molecule has 8 heteroatoms. The van der Waals surface area contributed by atoms with Gasteiger partial charge in [0.15, 0.2) is 0 Å². The Balaban J connectivity index is 2.12. The van der Waals surface area contributed by atoms with Crippen LogP contribution in [0, 0.1) is 11.6 Å². The van der Waals surface area contributed by atoms with Gasteiger partial charge < -0.3 is 0 Å². The lowest BCUT2D eigenvalue weighted by Crippen LogP contribution is -2.20. The van der Waals surface area contributed by atoms with Gasteiger partial charge in [0.1, 0.15) is 11.6 Å². The second-order valence-electron chi connectivity index (χ2n) is 5.82. The van der Waals surface area contributed by atoms with E-state index in [2.05, 4.69) is 15.3 Å². The molecule has 1 atom stereocenters. The van der Waals surface area contributed by atoms with Gasteiger partial charge in [0, 0.05) is 16.5 Å². The lowest BCUT2D eigenvalue weighted by molar-refractivity contribution is 0.579. The van der Waals surface area contributed by atoms with E-state index >= 15 is 0 Å². The second kappa shape index (κ2) is 8.10. The molecule has 0 fully saturated rings. The molecule has 136 valence electrons. The van der Waals surface area contributed by atoms with Crippen molar-refractivity contribution in [1.29, 1.82) is 0 Å². The number of halogens is 4. The van der Waals surface area contributed by atoms with Crippen molar-refractivity contribution >= 4 is 34.6 Å². The van der Waals surface area contributed by atoms with E-state index in [0.29, 0.717) is 35.2 Å². The maximum Gasteiger partial charge on any atom is 0.135 e. The molecule has 0 radical (unpaired) electrons. The summed E-state index contributed by atoms with van der Waals surface area (Å²) in [5.41, 5.74) is 1.15. The Labute approximate surface area is 160 Å². The minimum atomic E-state index is -0.680. The molecule has 1 unspecified atom stereocenters. The van der Waals surface area contributed by atoms with E-state index in [0.717, 1.165) is 0 Å². The monoisotopic (exact) mass is 396 g/mol. The molecule has 0 aromatic heterocycles. The molecule has 0 saturated heterocycles. The Kier molecular flexibility index (Phi) is 5.84. The van der Waals surface area contributed by atoms with Crippen LogP contribution in [0.2, 0.25) is 5.02 Å². The zero-order chi connectivity index (χ0) is 18.7. The summed E-state index contributed by atoms with van der Waals surface area (Å²) in [7, 11) is 0. The van der Waals surface area contributed by atoms with E-state index in [1.165, 1.54) is 18.2 Å². The van der Waals surface area contributed by atoms with E-state index in [1.807, 2.05) is 6.92 Å². The molecule has 1 heterocycles. The normalized spacial score (nSPS) is 15.6. The van der Waals surface area contributed by atoms with Crippen molar-refractivity contribution in [3.8, 4) is 0 Å². The van der Waals surface area contributed by atoms with Crippen LogP contribution in [0.1, 0.15) is 18.1 Å². The molecule has 1 aliphatic rings. The third-order valence-electron chi connectivity index (χ3n) is 3.85. The molecule has 26 heavy (non-hydrogen) atoms. The van der Waals surface area contributed by atoms with Crippen LogP contribution >= 0.6 is 23.2 Å². The maximum absolute atomic E-state index is 14.3. The van der Waals surface area contributed by atoms with Crippen LogP contribution < -0.4 is 5.01 Å². The first-order valence-electron chi connectivity index (χ1n) is 8.04. The molecule has 0 N–H and O–H groups in total. The number of hydrogen-bond donors (Lipinski definition) is 0. The zero-order valence-corrected chi connectivity index (χ0v) is 15.5. The number of rotatable bonds is 4. The van der Waals surface area contributed by atoms with Crippen molar-refractivity contribution in [2.24, 2.45) is 15.3 Å². The molecule has 3 rings (SSSR count). The third-order valence-corrected chi connectivity index (χ3v) is 4.53. The lowest BCUT2D eigenvalue weighted by Gasteiger charge is -2.19. The molecular weight excluding hydrogens is 381 g/mol. The van der Waals surface area contributed by atoms with Crippen molar-refractivity contribution in [1.82, 2.24) is 0 Å². The Hall–Kier alpha value is -2.05.